The Morgan fingerprint density at radius 3 is 2.30 bits per heavy atom. The minimum Gasteiger partial charge on any atom is -0.505 e. The zero-order chi connectivity index (χ0) is 20.5. The van der Waals surface area contributed by atoms with Gasteiger partial charge < -0.3 is 29.5 Å². The Morgan fingerprint density at radius 1 is 1.15 bits per heavy atom. The Kier molecular flexibility index (Phi) is 6.80. The molecule has 3 N–H and O–H groups in total. The number of hydrogen-bond donors (Lipinski definition) is 3. The van der Waals surface area contributed by atoms with Gasteiger partial charge in [-0.15, -0.1) is 0 Å². The maximum absolute atomic E-state index is 12.2. The second-order valence-electron chi connectivity index (χ2n) is 6.22. The summed E-state index contributed by atoms with van der Waals surface area (Å²) in [6, 6.07) is 0. The molecule has 0 bridgehead atoms. The molecule has 150 valence electrons. The lowest BCUT2D eigenvalue weighted by Crippen LogP contribution is -2.50. The highest BCUT2D eigenvalue weighted by atomic mass is 35.5. The van der Waals surface area contributed by atoms with Gasteiger partial charge in [-0.05, 0) is 18.9 Å². The monoisotopic (exact) mass is 422 g/mol. The lowest BCUT2D eigenvalue weighted by molar-refractivity contribution is -0.160. The smallest absolute Gasteiger partial charge is 0.343 e. The van der Waals surface area contributed by atoms with Crippen LogP contribution in [0.2, 0.25) is 10.0 Å². The Hall–Kier alpha value is -1.74. The summed E-state index contributed by atoms with van der Waals surface area (Å²) in [5.41, 5.74) is -0.407. The van der Waals surface area contributed by atoms with Crippen molar-refractivity contribution in [2.24, 2.45) is 5.92 Å². The number of aliphatic hydroxyl groups excluding tert-OH is 1. The molecule has 2 rings (SSSR count). The summed E-state index contributed by atoms with van der Waals surface area (Å²) in [5, 5.41) is 29.3. The van der Waals surface area contributed by atoms with Gasteiger partial charge in [0.25, 0.3) is 0 Å². The molecule has 10 heteroatoms. The number of carboxylic acids is 1. The summed E-state index contributed by atoms with van der Waals surface area (Å²) in [6.07, 6.45) is -2.37. The molecular weight excluding hydrogens is 403 g/mol. The molecular formula is C17H20Cl2O8. The fraction of sp³-hybridized carbons (Fsp3) is 0.529. The summed E-state index contributed by atoms with van der Waals surface area (Å²) in [4.78, 5) is 23.8. The second-order valence-corrected chi connectivity index (χ2v) is 6.98. The number of aliphatic hydroxyl groups is 1. The summed E-state index contributed by atoms with van der Waals surface area (Å²) >= 11 is 12.2. The zero-order valence-electron chi connectivity index (χ0n) is 14.9. The van der Waals surface area contributed by atoms with Crippen molar-refractivity contribution in [3.8, 4) is 11.5 Å². The normalized spacial score (nSPS) is 25.1. The Labute approximate surface area is 165 Å². The van der Waals surface area contributed by atoms with Gasteiger partial charge in [-0.3, -0.25) is 4.79 Å². The summed E-state index contributed by atoms with van der Waals surface area (Å²) in [6.45, 7) is 1.49. The van der Waals surface area contributed by atoms with Crippen LogP contribution in [-0.4, -0.2) is 59.8 Å². The number of phenols is 1. The van der Waals surface area contributed by atoms with Gasteiger partial charge in [-0.2, -0.15) is 0 Å². The molecule has 1 aromatic carbocycles. The van der Waals surface area contributed by atoms with E-state index in [1.807, 2.05) is 0 Å². The van der Waals surface area contributed by atoms with Crippen molar-refractivity contribution >= 4 is 35.1 Å². The zero-order valence-corrected chi connectivity index (χ0v) is 16.4. The molecule has 1 fully saturated rings. The van der Waals surface area contributed by atoms with Crippen molar-refractivity contribution in [2.45, 2.75) is 38.1 Å². The number of halogens is 2. The molecule has 4 unspecified atom stereocenters. The van der Waals surface area contributed by atoms with Gasteiger partial charge in [0.2, 0.25) is 0 Å². The predicted octanol–water partition coefficient (Wildman–Crippen LogP) is 2.41. The van der Waals surface area contributed by atoms with Gasteiger partial charge in [-0.1, -0.05) is 23.2 Å². The van der Waals surface area contributed by atoms with Crippen molar-refractivity contribution in [3.05, 3.63) is 21.2 Å². The van der Waals surface area contributed by atoms with Crippen LogP contribution in [0, 0.1) is 12.8 Å². The largest absolute Gasteiger partial charge is 0.505 e. The molecule has 0 saturated heterocycles. The molecule has 27 heavy (non-hydrogen) atoms. The number of benzene rings is 1. The number of rotatable bonds is 5. The first kappa shape index (κ1) is 21.6. The maximum Gasteiger partial charge on any atom is 0.343 e. The van der Waals surface area contributed by atoms with Crippen LogP contribution in [0.1, 0.15) is 28.8 Å². The third-order valence-electron chi connectivity index (χ3n) is 4.60. The van der Waals surface area contributed by atoms with Crippen LogP contribution in [0.25, 0.3) is 0 Å². The van der Waals surface area contributed by atoms with Crippen LogP contribution in [0.3, 0.4) is 0 Å². The van der Waals surface area contributed by atoms with E-state index in [2.05, 4.69) is 0 Å². The predicted molar refractivity (Wildman–Crippen MR) is 95.8 cm³/mol. The van der Waals surface area contributed by atoms with E-state index in [9.17, 15) is 24.9 Å². The lowest BCUT2D eigenvalue weighted by Gasteiger charge is -2.38. The highest BCUT2D eigenvalue weighted by molar-refractivity contribution is 6.38. The van der Waals surface area contributed by atoms with E-state index in [0.29, 0.717) is 0 Å². The van der Waals surface area contributed by atoms with Gasteiger partial charge in [0.05, 0.1) is 35.3 Å². The first-order valence-corrected chi connectivity index (χ1v) is 8.78. The van der Waals surface area contributed by atoms with E-state index in [0.717, 1.165) is 0 Å². The van der Waals surface area contributed by atoms with Crippen molar-refractivity contribution < 1.29 is 39.1 Å². The SMILES string of the molecule is COC(=O)C1CC(O)CC(OC)C1Oc1c(Cl)c(C)c(Cl)c(O)c1C(=O)O. The van der Waals surface area contributed by atoms with Gasteiger partial charge >= 0.3 is 11.9 Å². The average molecular weight is 423 g/mol. The van der Waals surface area contributed by atoms with E-state index >= 15 is 0 Å². The number of ether oxygens (including phenoxy) is 3. The Balaban J connectivity index is 2.58. The molecule has 4 atom stereocenters. The fourth-order valence-electron chi connectivity index (χ4n) is 3.17. The molecule has 0 spiro atoms. The number of methoxy groups -OCH3 is 2. The fourth-order valence-corrected chi connectivity index (χ4v) is 3.64. The van der Waals surface area contributed by atoms with Crippen molar-refractivity contribution in [1.29, 1.82) is 0 Å². The van der Waals surface area contributed by atoms with Gasteiger partial charge in [0, 0.05) is 13.5 Å². The number of carbonyl (C=O) groups is 2. The molecule has 1 aliphatic rings. The number of esters is 1. The summed E-state index contributed by atoms with van der Waals surface area (Å²) < 4.78 is 15.9. The maximum atomic E-state index is 12.2. The Morgan fingerprint density at radius 2 is 1.78 bits per heavy atom. The van der Waals surface area contributed by atoms with E-state index in [1.54, 1.807) is 0 Å². The van der Waals surface area contributed by atoms with Crippen LogP contribution in [-0.2, 0) is 14.3 Å². The van der Waals surface area contributed by atoms with Gasteiger partial charge in [-0.25, -0.2) is 4.79 Å². The molecule has 1 saturated carbocycles. The van der Waals surface area contributed by atoms with E-state index in [4.69, 9.17) is 37.4 Å². The number of hydrogen-bond acceptors (Lipinski definition) is 7. The van der Waals surface area contributed by atoms with E-state index in [1.165, 1.54) is 21.1 Å². The first-order chi connectivity index (χ1) is 12.6. The van der Waals surface area contributed by atoms with Gasteiger partial charge in [0.15, 0.2) is 11.5 Å². The lowest BCUT2D eigenvalue weighted by atomic mass is 9.82. The van der Waals surface area contributed by atoms with Crippen LogP contribution >= 0.6 is 23.2 Å². The molecule has 0 aromatic heterocycles. The highest BCUT2D eigenvalue weighted by Crippen LogP contribution is 2.45. The van der Waals surface area contributed by atoms with Crippen LogP contribution < -0.4 is 4.74 Å². The number of aromatic carboxylic acids is 1. The topological polar surface area (TPSA) is 123 Å². The molecule has 8 nitrogen and oxygen atoms in total. The number of carboxylic acid groups (broad SMARTS) is 1. The van der Waals surface area contributed by atoms with Crippen molar-refractivity contribution in [3.63, 3.8) is 0 Å². The van der Waals surface area contributed by atoms with Crippen molar-refractivity contribution in [2.75, 3.05) is 14.2 Å². The minimum absolute atomic E-state index is 0.0375. The van der Waals surface area contributed by atoms with Crippen LogP contribution in [0.5, 0.6) is 11.5 Å². The summed E-state index contributed by atoms with van der Waals surface area (Å²) in [5.74, 6) is -4.12. The second kappa shape index (κ2) is 8.52. The van der Waals surface area contributed by atoms with Crippen molar-refractivity contribution in [1.82, 2.24) is 0 Å². The molecule has 0 amide bonds. The third-order valence-corrected chi connectivity index (χ3v) is 5.52. The minimum atomic E-state index is -1.51. The number of carbonyl (C=O) groups excluding carboxylic acids is 1. The molecule has 1 aliphatic carbocycles. The molecule has 1 aromatic rings. The first-order valence-electron chi connectivity index (χ1n) is 8.03. The third kappa shape index (κ3) is 4.08. The van der Waals surface area contributed by atoms with Crippen LogP contribution in [0.4, 0.5) is 0 Å². The molecule has 0 heterocycles. The quantitative estimate of drug-likeness (QED) is 0.618. The molecule has 0 aliphatic heterocycles. The highest BCUT2D eigenvalue weighted by Gasteiger charge is 2.45. The standard InChI is InChI=1S/C17H20Cl2O8/c1-6-11(18)13(21)10(16(22)23)15(12(6)19)27-14-8(17(24)26-3)4-7(20)5-9(14)25-2/h7-9,14,20-21H,4-5H2,1-3H3,(H,22,23). The molecule has 0 radical (unpaired) electrons. The van der Waals surface area contributed by atoms with Crippen LogP contribution in [0.15, 0.2) is 0 Å². The average Bonchev–Trinajstić information content (AvgIpc) is 2.63. The van der Waals surface area contributed by atoms with Gasteiger partial charge in [0.1, 0.15) is 11.7 Å². The van der Waals surface area contributed by atoms with E-state index < -0.39 is 47.5 Å². The van der Waals surface area contributed by atoms with E-state index in [-0.39, 0.29) is 34.2 Å². The Bertz CT molecular complexity index is 751. The summed E-state index contributed by atoms with van der Waals surface area (Å²) in [7, 11) is 2.56. The number of aromatic hydroxyl groups is 1.